The van der Waals surface area contributed by atoms with E-state index in [1.165, 1.54) is 6.42 Å². The summed E-state index contributed by atoms with van der Waals surface area (Å²) in [5.74, 6) is 2.04. The highest BCUT2D eigenvalue weighted by Gasteiger charge is 2.57. The maximum absolute atomic E-state index is 11.9. The van der Waals surface area contributed by atoms with Crippen LogP contribution in [0, 0.1) is 11.8 Å². The van der Waals surface area contributed by atoms with Crippen LogP contribution in [0.25, 0.3) is 10.8 Å². The number of nitrogens with one attached hydrogen (secondary N) is 1. The Hall–Kier alpha value is -1.52. The fraction of sp³-hybridized carbons (Fsp3) is 0.526. The number of pyridine rings is 1. The third-order valence-electron chi connectivity index (χ3n) is 6.21. The van der Waals surface area contributed by atoms with Crippen molar-refractivity contribution in [1.29, 1.82) is 0 Å². The zero-order chi connectivity index (χ0) is 16.5. The Bertz CT molecular complexity index is 877. The lowest BCUT2D eigenvalue weighted by atomic mass is 9.51. The molecule has 2 aromatic rings. The molecule has 4 nitrogen and oxygen atoms in total. The Balaban J connectivity index is 1.55. The molecule has 4 aliphatic carbocycles. The topological polar surface area (TPSA) is 68.1 Å². The lowest BCUT2D eigenvalue weighted by Crippen LogP contribution is -2.64. The summed E-state index contributed by atoms with van der Waals surface area (Å²) < 4.78 is 6.53. The summed E-state index contributed by atoms with van der Waals surface area (Å²) in [4.78, 5) is 14.6. The Labute approximate surface area is 145 Å². The van der Waals surface area contributed by atoms with E-state index in [-0.39, 0.29) is 16.7 Å². The first-order chi connectivity index (χ1) is 11.4. The minimum absolute atomic E-state index is 0.0649. The van der Waals surface area contributed by atoms with Crippen molar-refractivity contribution in [3.63, 3.8) is 0 Å². The van der Waals surface area contributed by atoms with Gasteiger partial charge < -0.3 is 15.5 Å². The molecule has 4 aliphatic rings. The molecule has 3 N–H and O–H groups in total. The van der Waals surface area contributed by atoms with Crippen LogP contribution in [0.5, 0.6) is 5.75 Å². The highest BCUT2D eigenvalue weighted by molar-refractivity contribution is 6.32. The van der Waals surface area contributed by atoms with Gasteiger partial charge in [0.1, 0.15) is 11.4 Å². The van der Waals surface area contributed by atoms with Crippen molar-refractivity contribution < 1.29 is 4.74 Å². The third kappa shape index (κ3) is 2.20. The minimum atomic E-state index is -0.183. The summed E-state index contributed by atoms with van der Waals surface area (Å²) in [6, 6.07) is 5.49. The van der Waals surface area contributed by atoms with Gasteiger partial charge in [0.15, 0.2) is 0 Å². The van der Waals surface area contributed by atoms with Crippen molar-refractivity contribution in [2.45, 2.75) is 49.7 Å². The first-order valence-corrected chi connectivity index (χ1v) is 9.10. The molecule has 1 aromatic carbocycles. The molecule has 0 aliphatic heterocycles. The number of hydrogen-bond donors (Lipinski definition) is 2. The molecule has 5 heteroatoms. The van der Waals surface area contributed by atoms with Crippen molar-refractivity contribution >= 4 is 22.4 Å². The average Bonchev–Trinajstić information content (AvgIpc) is 2.46. The van der Waals surface area contributed by atoms with Gasteiger partial charge in [0, 0.05) is 23.5 Å². The summed E-state index contributed by atoms with van der Waals surface area (Å²) in [7, 11) is 0. The second kappa shape index (κ2) is 4.77. The van der Waals surface area contributed by atoms with Gasteiger partial charge in [-0.15, -0.1) is 0 Å². The van der Waals surface area contributed by atoms with Crippen molar-refractivity contribution in [2.24, 2.45) is 17.6 Å². The average molecular weight is 345 g/mol. The van der Waals surface area contributed by atoms with Gasteiger partial charge in [0.25, 0.3) is 5.56 Å². The molecule has 1 heterocycles. The maximum atomic E-state index is 11.9. The van der Waals surface area contributed by atoms with Crippen LogP contribution in [-0.4, -0.2) is 16.1 Å². The van der Waals surface area contributed by atoms with Gasteiger partial charge in [-0.25, -0.2) is 0 Å². The molecule has 0 radical (unpaired) electrons. The predicted octanol–water partition coefficient (Wildman–Crippen LogP) is 3.61. The van der Waals surface area contributed by atoms with E-state index in [0.29, 0.717) is 28.0 Å². The number of nitrogens with two attached hydrogens (primary N) is 1. The highest BCUT2D eigenvalue weighted by atomic mass is 35.5. The molecule has 0 spiro atoms. The number of H-pyrrole nitrogens is 1. The van der Waals surface area contributed by atoms with Gasteiger partial charge in [-0.2, -0.15) is 0 Å². The summed E-state index contributed by atoms with van der Waals surface area (Å²) in [5.41, 5.74) is 6.27. The van der Waals surface area contributed by atoms with Crippen molar-refractivity contribution in [1.82, 2.24) is 4.98 Å². The molecule has 4 atom stereocenters. The second-order valence-corrected chi connectivity index (χ2v) is 8.69. The number of hydrogen-bond acceptors (Lipinski definition) is 3. The molecular weight excluding hydrogens is 324 g/mol. The summed E-state index contributed by atoms with van der Waals surface area (Å²) in [6.45, 7) is 0. The number of ether oxygens (including phenoxy) is 1. The molecule has 2 unspecified atom stereocenters. The first-order valence-electron chi connectivity index (χ1n) is 8.73. The van der Waals surface area contributed by atoms with Crippen molar-refractivity contribution in [3.05, 3.63) is 39.8 Å². The Morgan fingerprint density at radius 1 is 1.21 bits per heavy atom. The number of halogens is 1. The molecule has 24 heavy (non-hydrogen) atoms. The summed E-state index contributed by atoms with van der Waals surface area (Å²) in [6.07, 6.45) is 8.28. The second-order valence-electron chi connectivity index (χ2n) is 8.29. The van der Waals surface area contributed by atoms with Gasteiger partial charge in [-0.3, -0.25) is 4.79 Å². The number of rotatable bonds is 2. The number of aromatic nitrogens is 1. The van der Waals surface area contributed by atoms with E-state index in [9.17, 15) is 4.79 Å². The van der Waals surface area contributed by atoms with E-state index in [4.69, 9.17) is 22.1 Å². The number of aromatic amines is 1. The monoisotopic (exact) mass is 344 g/mol. The van der Waals surface area contributed by atoms with E-state index in [1.54, 1.807) is 12.3 Å². The molecule has 6 rings (SSSR count). The number of fused-ring (bicyclic) bond motifs is 1. The Kier molecular flexibility index (Phi) is 2.94. The van der Waals surface area contributed by atoms with Crippen LogP contribution in [-0.2, 0) is 0 Å². The molecule has 0 amide bonds. The van der Waals surface area contributed by atoms with Gasteiger partial charge in [0.05, 0.1) is 5.02 Å². The van der Waals surface area contributed by atoms with Crippen molar-refractivity contribution in [3.8, 4) is 5.75 Å². The molecule has 1 aromatic heterocycles. The quantitative estimate of drug-likeness (QED) is 0.874. The van der Waals surface area contributed by atoms with E-state index < -0.39 is 0 Å². The number of benzene rings is 1. The van der Waals surface area contributed by atoms with Gasteiger partial charge >= 0.3 is 0 Å². The standard InChI is InChI=1S/C19H21ClN2O2/c20-15-5-14-13(1-2-22-17(14)23)4-16(15)24-19-8-11-3-12(9-19)7-18(21,6-11)10-19/h1-2,4-5,11-12H,3,6-10,21H2,(H,22,23)/t11-,12+,18?,19?. The highest BCUT2D eigenvalue weighted by Crippen LogP contribution is 2.58. The maximum Gasteiger partial charge on any atom is 0.255 e. The van der Waals surface area contributed by atoms with Crippen LogP contribution in [0.2, 0.25) is 5.02 Å². The van der Waals surface area contributed by atoms with Crippen LogP contribution in [0.4, 0.5) is 0 Å². The first kappa shape index (κ1) is 14.8. The van der Waals surface area contributed by atoms with Crippen LogP contribution in [0.3, 0.4) is 0 Å². The molecule has 126 valence electrons. The molecular formula is C19H21ClN2O2. The molecule has 4 fully saturated rings. The zero-order valence-electron chi connectivity index (χ0n) is 13.5. The van der Waals surface area contributed by atoms with Crippen LogP contribution in [0.1, 0.15) is 38.5 Å². The van der Waals surface area contributed by atoms with Crippen LogP contribution in [0.15, 0.2) is 29.2 Å². The van der Waals surface area contributed by atoms with E-state index in [1.807, 2.05) is 12.1 Å². The molecule has 4 saturated carbocycles. The van der Waals surface area contributed by atoms with E-state index in [2.05, 4.69) is 4.98 Å². The fourth-order valence-electron chi connectivity index (χ4n) is 5.87. The zero-order valence-corrected chi connectivity index (χ0v) is 14.2. The van der Waals surface area contributed by atoms with E-state index >= 15 is 0 Å². The molecule has 4 bridgehead atoms. The normalized spacial score (nSPS) is 37.1. The Morgan fingerprint density at radius 2 is 1.96 bits per heavy atom. The van der Waals surface area contributed by atoms with Crippen LogP contribution < -0.4 is 16.0 Å². The van der Waals surface area contributed by atoms with Gasteiger partial charge in [0.2, 0.25) is 0 Å². The SMILES string of the molecule is NC12C[C@H]3C[C@@H](C1)CC(Oc1cc4cc[nH]c(=O)c4cc1Cl)(C3)C2. The summed E-state index contributed by atoms with van der Waals surface area (Å²) in [5, 5.41) is 1.95. The largest absolute Gasteiger partial charge is 0.486 e. The molecule has 0 saturated heterocycles. The lowest BCUT2D eigenvalue weighted by Gasteiger charge is -2.60. The Morgan fingerprint density at radius 3 is 2.67 bits per heavy atom. The fourth-order valence-corrected chi connectivity index (χ4v) is 6.07. The minimum Gasteiger partial charge on any atom is -0.486 e. The predicted molar refractivity (Wildman–Crippen MR) is 94.5 cm³/mol. The van der Waals surface area contributed by atoms with Gasteiger partial charge in [-0.1, -0.05) is 11.6 Å². The lowest BCUT2D eigenvalue weighted by molar-refractivity contribution is -0.117. The third-order valence-corrected chi connectivity index (χ3v) is 6.50. The smallest absolute Gasteiger partial charge is 0.255 e. The van der Waals surface area contributed by atoms with Gasteiger partial charge in [-0.05, 0) is 67.5 Å². The van der Waals surface area contributed by atoms with Crippen LogP contribution >= 0.6 is 11.6 Å². The summed E-state index contributed by atoms with van der Waals surface area (Å²) >= 11 is 6.44. The van der Waals surface area contributed by atoms with Crippen molar-refractivity contribution in [2.75, 3.05) is 0 Å². The van der Waals surface area contributed by atoms with E-state index in [0.717, 1.165) is 37.5 Å².